The molecular formula is C21H16F2N4O3. The summed E-state index contributed by atoms with van der Waals surface area (Å²) in [7, 11) is 0. The molecular weight excluding hydrogens is 394 g/mol. The van der Waals surface area contributed by atoms with Crippen LogP contribution in [0.1, 0.15) is 28.9 Å². The van der Waals surface area contributed by atoms with Gasteiger partial charge in [-0.05, 0) is 49.4 Å². The number of benzene rings is 2. The minimum absolute atomic E-state index is 0.0478. The Hall–Kier alpha value is -4.01. The van der Waals surface area contributed by atoms with Crippen LogP contribution < -0.4 is 10.5 Å². The van der Waals surface area contributed by atoms with Crippen molar-refractivity contribution in [3.05, 3.63) is 77.6 Å². The van der Waals surface area contributed by atoms with E-state index in [0.717, 1.165) is 12.1 Å². The molecule has 7 nitrogen and oxygen atoms in total. The number of carboxylic acids is 1. The SMILES string of the molecule is CC(Oc1cc2c(F)ccc(F)c2nc1N)c1cc(C(=O)O)ccc1-n1cccn1. The summed E-state index contributed by atoms with van der Waals surface area (Å²) in [5.41, 5.74) is 6.88. The Balaban J connectivity index is 1.78. The average molecular weight is 410 g/mol. The summed E-state index contributed by atoms with van der Waals surface area (Å²) < 4.78 is 35.6. The van der Waals surface area contributed by atoms with Gasteiger partial charge in [0.1, 0.15) is 23.3 Å². The van der Waals surface area contributed by atoms with Crippen LogP contribution in [0.3, 0.4) is 0 Å². The molecule has 1 unspecified atom stereocenters. The molecule has 0 saturated heterocycles. The van der Waals surface area contributed by atoms with Gasteiger partial charge in [0.2, 0.25) is 0 Å². The van der Waals surface area contributed by atoms with E-state index in [2.05, 4.69) is 10.1 Å². The number of anilines is 1. The van der Waals surface area contributed by atoms with E-state index in [-0.39, 0.29) is 28.0 Å². The van der Waals surface area contributed by atoms with Crippen molar-refractivity contribution in [1.82, 2.24) is 14.8 Å². The van der Waals surface area contributed by atoms with Gasteiger partial charge in [-0.2, -0.15) is 5.10 Å². The molecule has 30 heavy (non-hydrogen) atoms. The van der Waals surface area contributed by atoms with Gasteiger partial charge in [0.25, 0.3) is 0 Å². The predicted molar refractivity (Wildman–Crippen MR) is 106 cm³/mol. The Labute approximate surface area is 169 Å². The Bertz CT molecular complexity index is 1260. The maximum Gasteiger partial charge on any atom is 0.335 e. The lowest BCUT2D eigenvalue weighted by Gasteiger charge is -2.20. The number of rotatable bonds is 5. The standard InChI is InChI=1S/C21H16F2N4O3/c1-11(13-9-12(21(28)29)3-6-17(13)27-8-2-7-25-27)30-18-10-14-15(22)4-5-16(23)19(14)26-20(18)24/h2-11H,1H3,(H2,24,26)(H,28,29). The lowest BCUT2D eigenvalue weighted by molar-refractivity contribution is 0.0696. The van der Waals surface area contributed by atoms with Gasteiger partial charge >= 0.3 is 5.97 Å². The maximum atomic E-state index is 14.2. The number of nitrogen functional groups attached to an aromatic ring is 1. The van der Waals surface area contributed by atoms with Crippen molar-refractivity contribution < 1.29 is 23.4 Å². The van der Waals surface area contributed by atoms with Crippen molar-refractivity contribution in [2.24, 2.45) is 0 Å². The van der Waals surface area contributed by atoms with E-state index in [1.54, 1.807) is 36.1 Å². The van der Waals surface area contributed by atoms with Crippen molar-refractivity contribution >= 4 is 22.7 Å². The van der Waals surface area contributed by atoms with E-state index in [1.807, 2.05) is 0 Å². The normalized spacial score (nSPS) is 12.1. The van der Waals surface area contributed by atoms with Gasteiger partial charge in [0, 0.05) is 23.3 Å². The molecule has 0 aliphatic carbocycles. The second kappa shape index (κ2) is 7.43. The second-order valence-corrected chi connectivity index (χ2v) is 6.59. The molecule has 2 heterocycles. The Morgan fingerprint density at radius 3 is 2.67 bits per heavy atom. The third kappa shape index (κ3) is 3.41. The summed E-state index contributed by atoms with van der Waals surface area (Å²) >= 11 is 0. The van der Waals surface area contributed by atoms with Crippen LogP contribution in [0.5, 0.6) is 5.75 Å². The molecule has 0 bridgehead atoms. The molecule has 3 N–H and O–H groups in total. The van der Waals surface area contributed by atoms with Gasteiger partial charge in [-0.3, -0.25) is 0 Å². The number of halogens is 2. The van der Waals surface area contributed by atoms with Crippen LogP contribution in [0.15, 0.2) is 54.9 Å². The van der Waals surface area contributed by atoms with Crippen LogP contribution in [-0.2, 0) is 0 Å². The lowest BCUT2D eigenvalue weighted by atomic mass is 10.0. The quantitative estimate of drug-likeness (QED) is 0.513. The highest BCUT2D eigenvalue weighted by Gasteiger charge is 2.20. The van der Waals surface area contributed by atoms with Crippen LogP contribution in [-0.4, -0.2) is 25.8 Å². The topological polar surface area (TPSA) is 103 Å². The monoisotopic (exact) mass is 410 g/mol. The van der Waals surface area contributed by atoms with Crippen LogP contribution in [0, 0.1) is 11.6 Å². The first-order chi connectivity index (χ1) is 14.3. The van der Waals surface area contributed by atoms with Crippen LogP contribution in [0.4, 0.5) is 14.6 Å². The van der Waals surface area contributed by atoms with Crippen molar-refractivity contribution in [3.8, 4) is 11.4 Å². The van der Waals surface area contributed by atoms with Crippen molar-refractivity contribution in [1.29, 1.82) is 0 Å². The number of fused-ring (bicyclic) bond motifs is 1. The van der Waals surface area contributed by atoms with Crippen LogP contribution in [0.25, 0.3) is 16.6 Å². The van der Waals surface area contributed by atoms with E-state index < -0.39 is 23.7 Å². The molecule has 152 valence electrons. The van der Waals surface area contributed by atoms with Crippen molar-refractivity contribution in [3.63, 3.8) is 0 Å². The molecule has 0 amide bonds. The van der Waals surface area contributed by atoms with Gasteiger partial charge < -0.3 is 15.6 Å². The molecule has 0 aliphatic heterocycles. The summed E-state index contributed by atoms with van der Waals surface area (Å²) in [6.45, 7) is 1.68. The third-order valence-electron chi connectivity index (χ3n) is 4.64. The first-order valence-corrected chi connectivity index (χ1v) is 8.93. The first kappa shape index (κ1) is 19.3. The summed E-state index contributed by atoms with van der Waals surface area (Å²) in [4.78, 5) is 15.4. The number of nitrogens with two attached hydrogens (primary N) is 1. The largest absolute Gasteiger partial charge is 0.482 e. The molecule has 1 atom stereocenters. The molecule has 4 rings (SSSR count). The molecule has 0 spiro atoms. The van der Waals surface area contributed by atoms with Crippen molar-refractivity contribution in [2.45, 2.75) is 13.0 Å². The number of aromatic carboxylic acids is 1. The molecule has 0 aliphatic rings. The van der Waals surface area contributed by atoms with Gasteiger partial charge in [-0.25, -0.2) is 23.2 Å². The molecule has 9 heteroatoms. The van der Waals surface area contributed by atoms with Gasteiger partial charge in [0.05, 0.1) is 11.3 Å². The Kier molecular flexibility index (Phi) is 4.78. The van der Waals surface area contributed by atoms with E-state index in [0.29, 0.717) is 11.3 Å². The third-order valence-corrected chi connectivity index (χ3v) is 4.64. The average Bonchev–Trinajstić information content (AvgIpc) is 3.26. The number of carboxylic acid groups (broad SMARTS) is 1. The molecule has 2 aromatic heterocycles. The number of hydrogen-bond donors (Lipinski definition) is 2. The highest BCUT2D eigenvalue weighted by molar-refractivity contribution is 5.88. The van der Waals surface area contributed by atoms with E-state index in [9.17, 15) is 18.7 Å². The van der Waals surface area contributed by atoms with Crippen LogP contribution in [0.2, 0.25) is 0 Å². The number of pyridine rings is 1. The minimum atomic E-state index is -1.10. The summed E-state index contributed by atoms with van der Waals surface area (Å²) in [5, 5.41) is 13.5. The fraction of sp³-hybridized carbons (Fsp3) is 0.0952. The number of carbonyl (C=O) groups is 1. The smallest absolute Gasteiger partial charge is 0.335 e. The molecule has 0 fully saturated rings. The zero-order chi connectivity index (χ0) is 21.4. The molecule has 0 radical (unpaired) electrons. The number of aromatic nitrogens is 3. The fourth-order valence-corrected chi connectivity index (χ4v) is 3.17. The summed E-state index contributed by atoms with van der Waals surface area (Å²) in [6, 6.07) is 9.51. The summed E-state index contributed by atoms with van der Waals surface area (Å²) in [5.74, 6) is -2.53. The zero-order valence-corrected chi connectivity index (χ0v) is 15.7. The van der Waals surface area contributed by atoms with Gasteiger partial charge in [-0.15, -0.1) is 0 Å². The van der Waals surface area contributed by atoms with Gasteiger partial charge in [-0.1, -0.05) is 0 Å². The molecule has 0 saturated carbocycles. The highest BCUT2D eigenvalue weighted by Crippen LogP contribution is 2.33. The van der Waals surface area contributed by atoms with Gasteiger partial charge in [0.15, 0.2) is 11.6 Å². The summed E-state index contributed by atoms with van der Waals surface area (Å²) in [6.07, 6.45) is 2.58. The predicted octanol–water partition coefficient (Wildman–Crippen LogP) is 4.12. The Morgan fingerprint density at radius 1 is 1.20 bits per heavy atom. The fourth-order valence-electron chi connectivity index (χ4n) is 3.17. The molecule has 2 aromatic carbocycles. The zero-order valence-electron chi connectivity index (χ0n) is 15.7. The highest BCUT2D eigenvalue weighted by atomic mass is 19.1. The minimum Gasteiger partial charge on any atom is -0.482 e. The second-order valence-electron chi connectivity index (χ2n) is 6.59. The van der Waals surface area contributed by atoms with Crippen molar-refractivity contribution in [2.75, 3.05) is 5.73 Å². The lowest BCUT2D eigenvalue weighted by Crippen LogP contribution is -2.12. The van der Waals surface area contributed by atoms with Crippen LogP contribution >= 0.6 is 0 Å². The maximum absolute atomic E-state index is 14.2. The van der Waals surface area contributed by atoms with E-state index in [1.165, 1.54) is 18.2 Å². The van der Waals surface area contributed by atoms with E-state index >= 15 is 0 Å². The first-order valence-electron chi connectivity index (χ1n) is 8.93. The van der Waals surface area contributed by atoms with E-state index in [4.69, 9.17) is 10.5 Å². The number of ether oxygens (including phenoxy) is 1. The number of nitrogens with zero attached hydrogens (tertiary/aromatic N) is 3. The Morgan fingerprint density at radius 2 is 1.97 bits per heavy atom. The number of hydrogen-bond acceptors (Lipinski definition) is 5. The molecule has 4 aromatic rings.